The van der Waals surface area contributed by atoms with E-state index in [1.807, 2.05) is 30.3 Å². The third-order valence-corrected chi connectivity index (χ3v) is 2.56. The second kappa shape index (κ2) is 7.45. The number of amides is 1. The molecule has 1 rings (SSSR count). The van der Waals surface area contributed by atoms with E-state index in [1.165, 1.54) is 0 Å². The van der Waals surface area contributed by atoms with Crippen molar-refractivity contribution in [2.45, 2.75) is 25.3 Å². The lowest BCUT2D eigenvalue weighted by molar-refractivity contribution is -0.136. The molecule has 1 atom stereocenters. The van der Waals surface area contributed by atoms with Crippen LogP contribution in [0.3, 0.4) is 0 Å². The molecule has 1 unspecified atom stereocenters. The van der Waals surface area contributed by atoms with Crippen molar-refractivity contribution in [3.8, 4) is 0 Å². The fraction of sp³-hybridized carbons (Fsp3) is 0.385. The number of carbonyl (C=O) groups is 2. The lowest BCUT2D eigenvalue weighted by atomic mass is 10.1. The number of aliphatic carboxylic acids is 1. The van der Waals surface area contributed by atoms with Crippen LogP contribution in [0.25, 0.3) is 0 Å². The third kappa shape index (κ3) is 5.45. The lowest BCUT2D eigenvalue weighted by Crippen LogP contribution is -2.41. The van der Waals surface area contributed by atoms with E-state index >= 15 is 0 Å². The first-order valence-corrected chi connectivity index (χ1v) is 5.88. The zero-order valence-corrected chi connectivity index (χ0v) is 10.1. The molecule has 1 aromatic rings. The normalized spacial score (nSPS) is 11.8. The molecule has 0 saturated carbocycles. The quantitative estimate of drug-likeness (QED) is 0.658. The Labute approximate surface area is 106 Å². The van der Waals surface area contributed by atoms with Crippen molar-refractivity contribution >= 4 is 11.9 Å². The largest absolute Gasteiger partial charge is 0.481 e. The molecule has 5 nitrogen and oxygen atoms in total. The van der Waals surface area contributed by atoms with Crippen LogP contribution in [0.5, 0.6) is 0 Å². The SMILES string of the molecule is NC(CCc1ccccc1)C(=O)NCCC(=O)O. The highest BCUT2D eigenvalue weighted by molar-refractivity contribution is 5.81. The lowest BCUT2D eigenvalue weighted by Gasteiger charge is -2.11. The summed E-state index contributed by atoms with van der Waals surface area (Å²) in [6, 6.07) is 9.17. The molecule has 0 aromatic heterocycles. The van der Waals surface area contributed by atoms with E-state index < -0.39 is 12.0 Å². The van der Waals surface area contributed by atoms with E-state index in [2.05, 4.69) is 5.32 Å². The number of rotatable bonds is 7. The van der Waals surface area contributed by atoms with E-state index in [9.17, 15) is 9.59 Å². The molecular weight excluding hydrogens is 232 g/mol. The van der Waals surface area contributed by atoms with Gasteiger partial charge in [-0.2, -0.15) is 0 Å². The van der Waals surface area contributed by atoms with Crippen molar-refractivity contribution in [3.63, 3.8) is 0 Å². The standard InChI is InChI=1S/C13H18N2O3/c14-11(13(18)15-9-8-12(16)17)7-6-10-4-2-1-3-5-10/h1-5,11H,6-9,14H2,(H,15,18)(H,16,17). The Bertz CT molecular complexity index is 392. The molecular formula is C13H18N2O3. The van der Waals surface area contributed by atoms with E-state index in [1.54, 1.807) is 0 Å². The average Bonchev–Trinajstić information content (AvgIpc) is 2.36. The molecule has 4 N–H and O–H groups in total. The number of carboxylic acids is 1. The van der Waals surface area contributed by atoms with E-state index in [0.717, 1.165) is 12.0 Å². The van der Waals surface area contributed by atoms with Gasteiger partial charge >= 0.3 is 5.97 Å². The monoisotopic (exact) mass is 250 g/mol. The van der Waals surface area contributed by atoms with Crippen molar-refractivity contribution in [1.29, 1.82) is 0 Å². The van der Waals surface area contributed by atoms with Crippen molar-refractivity contribution in [1.82, 2.24) is 5.32 Å². The molecule has 0 aliphatic carbocycles. The summed E-state index contributed by atoms with van der Waals surface area (Å²) < 4.78 is 0. The van der Waals surface area contributed by atoms with E-state index in [-0.39, 0.29) is 18.9 Å². The van der Waals surface area contributed by atoms with Crippen molar-refractivity contribution in [2.24, 2.45) is 5.73 Å². The minimum absolute atomic E-state index is 0.0862. The topological polar surface area (TPSA) is 92.4 Å². The van der Waals surface area contributed by atoms with Gasteiger partial charge in [-0.1, -0.05) is 30.3 Å². The molecule has 0 aliphatic heterocycles. The first-order valence-electron chi connectivity index (χ1n) is 5.88. The zero-order chi connectivity index (χ0) is 13.4. The number of hydrogen-bond donors (Lipinski definition) is 3. The highest BCUT2D eigenvalue weighted by Crippen LogP contribution is 2.03. The summed E-state index contributed by atoms with van der Waals surface area (Å²) in [5, 5.41) is 10.9. The number of nitrogens with one attached hydrogen (secondary N) is 1. The number of carbonyl (C=O) groups excluding carboxylic acids is 1. The van der Waals surface area contributed by atoms with Gasteiger partial charge in [0.25, 0.3) is 0 Å². The van der Waals surface area contributed by atoms with Crippen LogP contribution in [0.2, 0.25) is 0 Å². The summed E-state index contributed by atoms with van der Waals surface area (Å²) in [7, 11) is 0. The Kier molecular flexibility index (Phi) is 5.87. The molecule has 1 aromatic carbocycles. The van der Waals surface area contributed by atoms with E-state index in [4.69, 9.17) is 10.8 Å². The molecule has 0 fully saturated rings. The highest BCUT2D eigenvalue weighted by atomic mass is 16.4. The van der Waals surface area contributed by atoms with Crippen LogP contribution in [0.4, 0.5) is 0 Å². The van der Waals surface area contributed by atoms with Crippen LogP contribution >= 0.6 is 0 Å². The first kappa shape index (κ1) is 14.2. The zero-order valence-electron chi connectivity index (χ0n) is 10.1. The number of aryl methyl sites for hydroxylation is 1. The Hall–Kier alpha value is -1.88. The van der Waals surface area contributed by atoms with Crippen LogP contribution in [0, 0.1) is 0 Å². The molecule has 98 valence electrons. The van der Waals surface area contributed by atoms with Gasteiger partial charge in [0.1, 0.15) is 0 Å². The Morgan fingerprint density at radius 1 is 1.28 bits per heavy atom. The van der Waals surface area contributed by atoms with Gasteiger partial charge in [0.15, 0.2) is 0 Å². The molecule has 18 heavy (non-hydrogen) atoms. The second-order valence-electron chi connectivity index (χ2n) is 4.07. The minimum Gasteiger partial charge on any atom is -0.481 e. The summed E-state index contributed by atoms with van der Waals surface area (Å²) >= 11 is 0. The summed E-state index contributed by atoms with van der Waals surface area (Å²) in [6.07, 6.45) is 1.19. The number of hydrogen-bond acceptors (Lipinski definition) is 3. The van der Waals surface area contributed by atoms with Gasteiger partial charge in [-0.3, -0.25) is 9.59 Å². The van der Waals surface area contributed by atoms with E-state index in [0.29, 0.717) is 6.42 Å². The minimum atomic E-state index is -0.937. The summed E-state index contributed by atoms with van der Waals surface area (Å²) in [4.78, 5) is 21.8. The van der Waals surface area contributed by atoms with Crippen LogP contribution < -0.4 is 11.1 Å². The highest BCUT2D eigenvalue weighted by Gasteiger charge is 2.12. The number of carboxylic acid groups (broad SMARTS) is 1. The molecule has 0 spiro atoms. The maximum Gasteiger partial charge on any atom is 0.305 e. The van der Waals surface area contributed by atoms with Crippen LogP contribution in [0.1, 0.15) is 18.4 Å². The fourth-order valence-electron chi connectivity index (χ4n) is 1.52. The van der Waals surface area contributed by atoms with Gasteiger partial charge in [-0.05, 0) is 18.4 Å². The van der Waals surface area contributed by atoms with Gasteiger partial charge in [-0.15, -0.1) is 0 Å². The summed E-state index contributed by atoms with van der Waals surface area (Å²) in [6.45, 7) is 0.118. The number of nitrogens with two attached hydrogens (primary N) is 1. The summed E-state index contributed by atoms with van der Waals surface area (Å²) in [5.74, 6) is -1.24. The molecule has 0 bridgehead atoms. The molecule has 0 aliphatic rings. The van der Waals surface area contributed by atoms with Gasteiger partial charge in [0, 0.05) is 6.54 Å². The van der Waals surface area contributed by atoms with Gasteiger partial charge in [0.05, 0.1) is 12.5 Å². The molecule has 0 heterocycles. The molecule has 5 heteroatoms. The third-order valence-electron chi connectivity index (χ3n) is 2.56. The van der Waals surface area contributed by atoms with Gasteiger partial charge in [-0.25, -0.2) is 0 Å². The fourth-order valence-corrected chi connectivity index (χ4v) is 1.52. The van der Waals surface area contributed by atoms with Gasteiger partial charge < -0.3 is 16.2 Å². The van der Waals surface area contributed by atoms with Crippen molar-refractivity contribution < 1.29 is 14.7 Å². The average molecular weight is 250 g/mol. The predicted molar refractivity (Wildman–Crippen MR) is 68.0 cm³/mol. The Balaban J connectivity index is 2.25. The van der Waals surface area contributed by atoms with Crippen LogP contribution in [-0.2, 0) is 16.0 Å². The Morgan fingerprint density at radius 2 is 1.94 bits per heavy atom. The maximum absolute atomic E-state index is 11.5. The summed E-state index contributed by atoms with van der Waals surface area (Å²) in [5.41, 5.74) is 6.85. The maximum atomic E-state index is 11.5. The smallest absolute Gasteiger partial charge is 0.305 e. The van der Waals surface area contributed by atoms with Crippen molar-refractivity contribution in [3.05, 3.63) is 35.9 Å². The molecule has 0 saturated heterocycles. The van der Waals surface area contributed by atoms with Crippen LogP contribution in [-0.4, -0.2) is 29.6 Å². The van der Waals surface area contributed by atoms with Gasteiger partial charge in [0.2, 0.25) is 5.91 Å². The predicted octanol–water partition coefficient (Wildman–Crippen LogP) is 0.537. The molecule has 1 amide bonds. The molecule has 0 radical (unpaired) electrons. The number of benzene rings is 1. The van der Waals surface area contributed by atoms with Crippen LogP contribution in [0.15, 0.2) is 30.3 Å². The second-order valence-corrected chi connectivity index (χ2v) is 4.07. The van der Waals surface area contributed by atoms with Crippen molar-refractivity contribution in [2.75, 3.05) is 6.54 Å². The Morgan fingerprint density at radius 3 is 2.56 bits per heavy atom. The first-order chi connectivity index (χ1) is 8.59.